The summed E-state index contributed by atoms with van der Waals surface area (Å²) >= 11 is 0. The lowest BCUT2D eigenvalue weighted by atomic mass is 9.76. The Morgan fingerprint density at radius 3 is 2.95 bits per heavy atom. The molecule has 5 heteroatoms. The molecule has 5 nitrogen and oxygen atoms in total. The summed E-state index contributed by atoms with van der Waals surface area (Å²) in [6, 6.07) is 0. The van der Waals surface area contributed by atoms with Gasteiger partial charge in [0.05, 0.1) is 11.8 Å². The highest BCUT2D eigenvalue weighted by Gasteiger charge is 2.45. The molecule has 1 N–H and O–H groups in total. The first-order chi connectivity index (χ1) is 10.2. The van der Waals surface area contributed by atoms with Crippen LogP contribution in [0.1, 0.15) is 44.2 Å². The number of hydrogen-bond acceptors (Lipinski definition) is 4. The Labute approximate surface area is 125 Å². The van der Waals surface area contributed by atoms with Gasteiger partial charge in [-0.25, -0.2) is 0 Å². The molecule has 0 bridgehead atoms. The van der Waals surface area contributed by atoms with Crippen molar-refractivity contribution in [3.8, 4) is 0 Å². The molecule has 1 amide bonds. The third kappa shape index (κ3) is 3.07. The number of carbonyl (C=O) groups excluding carboxylic acids is 1. The highest BCUT2D eigenvalue weighted by atomic mass is 16.3. The van der Waals surface area contributed by atoms with Crippen molar-refractivity contribution < 1.29 is 9.90 Å². The van der Waals surface area contributed by atoms with Crippen LogP contribution in [0.25, 0.3) is 0 Å². The molecule has 0 radical (unpaired) electrons. The number of aryl methyl sites for hydroxylation is 1. The number of nitrogens with zero attached hydrogens (tertiary/aromatic N) is 3. The molecule has 1 aromatic heterocycles. The monoisotopic (exact) mass is 289 g/mol. The predicted octanol–water partition coefficient (Wildman–Crippen LogP) is 1.56. The summed E-state index contributed by atoms with van der Waals surface area (Å²) in [5, 5.41) is 10.3. The summed E-state index contributed by atoms with van der Waals surface area (Å²) < 4.78 is 0. The number of hydrogen-bond donors (Lipinski definition) is 1. The first-order valence-electron chi connectivity index (χ1n) is 7.90. The van der Waals surface area contributed by atoms with Crippen molar-refractivity contribution >= 4 is 5.91 Å². The van der Waals surface area contributed by atoms with Gasteiger partial charge in [-0.15, -0.1) is 0 Å². The van der Waals surface area contributed by atoms with E-state index in [0.29, 0.717) is 12.8 Å². The van der Waals surface area contributed by atoms with Crippen LogP contribution in [0.2, 0.25) is 0 Å². The van der Waals surface area contributed by atoms with Crippen molar-refractivity contribution in [2.24, 2.45) is 5.41 Å². The molecule has 1 spiro atoms. The van der Waals surface area contributed by atoms with E-state index >= 15 is 0 Å². The number of carbonyl (C=O) groups is 1. The Kier molecular flexibility index (Phi) is 4.19. The molecule has 2 aliphatic rings. The molecule has 2 atom stereocenters. The summed E-state index contributed by atoms with van der Waals surface area (Å²) in [5.74, 6) is 0.179. The molecule has 1 aliphatic carbocycles. The SMILES string of the molecule is O=C(CCc1cnccn1)N1CCC[C@]2(CCC[C@H]2O)C1. The number of aromatic nitrogens is 2. The van der Waals surface area contributed by atoms with E-state index in [-0.39, 0.29) is 17.4 Å². The molecular weight excluding hydrogens is 266 g/mol. The van der Waals surface area contributed by atoms with Crippen LogP contribution in [0, 0.1) is 5.41 Å². The molecule has 21 heavy (non-hydrogen) atoms. The van der Waals surface area contributed by atoms with Crippen molar-refractivity contribution in [2.45, 2.75) is 51.0 Å². The maximum absolute atomic E-state index is 12.4. The van der Waals surface area contributed by atoms with Crippen LogP contribution in [-0.2, 0) is 11.2 Å². The van der Waals surface area contributed by atoms with Crippen LogP contribution in [0.3, 0.4) is 0 Å². The van der Waals surface area contributed by atoms with Gasteiger partial charge >= 0.3 is 0 Å². The largest absolute Gasteiger partial charge is 0.392 e. The maximum atomic E-state index is 12.4. The zero-order valence-corrected chi connectivity index (χ0v) is 12.4. The van der Waals surface area contributed by atoms with Gasteiger partial charge in [0, 0.05) is 43.5 Å². The van der Waals surface area contributed by atoms with Crippen molar-refractivity contribution in [3.63, 3.8) is 0 Å². The second kappa shape index (κ2) is 6.10. The van der Waals surface area contributed by atoms with Crippen molar-refractivity contribution in [2.75, 3.05) is 13.1 Å². The topological polar surface area (TPSA) is 66.3 Å². The van der Waals surface area contributed by atoms with Gasteiger partial charge < -0.3 is 10.0 Å². The highest BCUT2D eigenvalue weighted by Crippen LogP contribution is 2.45. The molecule has 114 valence electrons. The number of aliphatic hydroxyl groups excluding tert-OH is 1. The molecule has 3 rings (SSSR count). The second-order valence-electron chi connectivity index (χ2n) is 6.39. The smallest absolute Gasteiger partial charge is 0.222 e. The number of amides is 1. The lowest BCUT2D eigenvalue weighted by Crippen LogP contribution is -2.49. The van der Waals surface area contributed by atoms with E-state index in [0.717, 1.165) is 50.9 Å². The normalized spacial score (nSPS) is 29.0. The molecular formula is C16H23N3O2. The van der Waals surface area contributed by atoms with Crippen LogP contribution < -0.4 is 0 Å². The minimum absolute atomic E-state index is 0.0273. The lowest BCUT2D eigenvalue weighted by Gasteiger charge is -2.42. The third-order valence-corrected chi connectivity index (χ3v) is 5.03. The highest BCUT2D eigenvalue weighted by molar-refractivity contribution is 5.76. The standard InChI is InChI=1S/C16H23N3O2/c20-14-3-1-6-16(14)7-2-10-19(12-16)15(21)5-4-13-11-17-8-9-18-13/h8-9,11,14,20H,1-7,10,12H2/t14-,16-/m1/s1. The lowest BCUT2D eigenvalue weighted by molar-refractivity contribution is -0.136. The van der Waals surface area contributed by atoms with Gasteiger partial charge in [-0.1, -0.05) is 6.42 Å². The fourth-order valence-corrected chi connectivity index (χ4v) is 3.82. The van der Waals surface area contributed by atoms with E-state index in [2.05, 4.69) is 9.97 Å². The van der Waals surface area contributed by atoms with Gasteiger partial charge in [0.1, 0.15) is 0 Å². The van der Waals surface area contributed by atoms with E-state index in [9.17, 15) is 9.90 Å². The van der Waals surface area contributed by atoms with Crippen LogP contribution >= 0.6 is 0 Å². The summed E-state index contributed by atoms with van der Waals surface area (Å²) in [7, 11) is 0. The fraction of sp³-hybridized carbons (Fsp3) is 0.688. The van der Waals surface area contributed by atoms with Gasteiger partial charge in [-0.05, 0) is 32.1 Å². The molecule has 2 fully saturated rings. The van der Waals surface area contributed by atoms with Gasteiger partial charge in [0.15, 0.2) is 0 Å². The van der Waals surface area contributed by atoms with Crippen molar-refractivity contribution in [3.05, 3.63) is 24.3 Å². The molecule has 0 aromatic carbocycles. The first-order valence-corrected chi connectivity index (χ1v) is 7.90. The summed E-state index contributed by atoms with van der Waals surface area (Å²) in [6.45, 7) is 1.56. The average Bonchev–Trinajstić information content (AvgIpc) is 2.86. The van der Waals surface area contributed by atoms with Crippen LogP contribution in [0.4, 0.5) is 0 Å². The van der Waals surface area contributed by atoms with E-state index in [1.165, 1.54) is 0 Å². The average molecular weight is 289 g/mol. The maximum Gasteiger partial charge on any atom is 0.222 e. The van der Waals surface area contributed by atoms with E-state index in [1.807, 2.05) is 4.90 Å². The minimum Gasteiger partial charge on any atom is -0.392 e. The molecule has 1 aromatic rings. The molecule has 1 saturated carbocycles. The Hall–Kier alpha value is -1.49. The van der Waals surface area contributed by atoms with Crippen molar-refractivity contribution in [1.29, 1.82) is 0 Å². The second-order valence-corrected chi connectivity index (χ2v) is 6.39. The zero-order valence-electron chi connectivity index (χ0n) is 12.4. The Bertz CT molecular complexity index is 494. The van der Waals surface area contributed by atoms with E-state index in [4.69, 9.17) is 0 Å². The summed E-state index contributed by atoms with van der Waals surface area (Å²) in [6.07, 6.45) is 11.0. The molecule has 1 aliphatic heterocycles. The van der Waals surface area contributed by atoms with E-state index in [1.54, 1.807) is 18.6 Å². The Morgan fingerprint density at radius 1 is 1.38 bits per heavy atom. The zero-order chi connectivity index (χ0) is 14.7. The number of aliphatic hydroxyl groups is 1. The first kappa shape index (κ1) is 14.4. The number of piperidine rings is 1. The number of likely N-dealkylation sites (tertiary alicyclic amines) is 1. The van der Waals surface area contributed by atoms with Gasteiger partial charge in [-0.2, -0.15) is 0 Å². The minimum atomic E-state index is -0.229. The fourth-order valence-electron chi connectivity index (χ4n) is 3.82. The third-order valence-electron chi connectivity index (χ3n) is 5.03. The van der Waals surface area contributed by atoms with Gasteiger partial charge in [0.2, 0.25) is 5.91 Å². The predicted molar refractivity (Wildman–Crippen MR) is 78.5 cm³/mol. The van der Waals surface area contributed by atoms with Crippen LogP contribution in [-0.4, -0.2) is 45.1 Å². The Morgan fingerprint density at radius 2 is 2.24 bits per heavy atom. The molecule has 0 unspecified atom stereocenters. The molecule has 1 saturated heterocycles. The van der Waals surface area contributed by atoms with E-state index < -0.39 is 0 Å². The van der Waals surface area contributed by atoms with Gasteiger partial charge in [-0.3, -0.25) is 14.8 Å². The van der Waals surface area contributed by atoms with Crippen LogP contribution in [0.5, 0.6) is 0 Å². The van der Waals surface area contributed by atoms with Crippen LogP contribution in [0.15, 0.2) is 18.6 Å². The summed E-state index contributed by atoms with van der Waals surface area (Å²) in [4.78, 5) is 22.6. The quantitative estimate of drug-likeness (QED) is 0.917. The van der Waals surface area contributed by atoms with Gasteiger partial charge in [0.25, 0.3) is 0 Å². The summed E-state index contributed by atoms with van der Waals surface area (Å²) in [5.41, 5.74) is 0.832. The Balaban J connectivity index is 1.57. The molecule has 2 heterocycles. The number of rotatable bonds is 3. The van der Waals surface area contributed by atoms with Crippen molar-refractivity contribution in [1.82, 2.24) is 14.9 Å².